The van der Waals surface area contributed by atoms with Crippen LogP contribution in [0.1, 0.15) is 13.3 Å². The third-order valence-electron chi connectivity index (χ3n) is 3.73. The average molecular weight is 232 g/mol. The molecule has 17 heavy (non-hydrogen) atoms. The molecule has 1 aliphatic carbocycles. The molecule has 1 fully saturated rings. The van der Waals surface area contributed by atoms with Gasteiger partial charge in [0, 0.05) is 19.6 Å². The van der Waals surface area contributed by atoms with Crippen molar-refractivity contribution in [1.82, 2.24) is 10.6 Å². The molecule has 3 rings (SSSR count). The van der Waals surface area contributed by atoms with Gasteiger partial charge in [-0.15, -0.1) is 0 Å². The van der Waals surface area contributed by atoms with Crippen LogP contribution in [-0.2, 0) is 4.74 Å². The van der Waals surface area contributed by atoms with E-state index in [2.05, 4.69) is 35.8 Å². The number of rotatable bonds is 1. The zero-order chi connectivity index (χ0) is 11.7. The van der Waals surface area contributed by atoms with Gasteiger partial charge in [-0.25, -0.2) is 0 Å². The second kappa shape index (κ2) is 4.57. The summed E-state index contributed by atoms with van der Waals surface area (Å²) in [5.41, 5.74) is 2.66. The largest absolute Gasteiger partial charge is 0.490 e. The maximum atomic E-state index is 5.64. The second-order valence-electron chi connectivity index (χ2n) is 5.13. The lowest BCUT2D eigenvalue weighted by Gasteiger charge is -2.32. The average Bonchev–Trinajstić information content (AvgIpc) is 2.38. The summed E-state index contributed by atoms with van der Waals surface area (Å²) in [7, 11) is 0. The fraction of sp³-hybridized carbons (Fsp3) is 0.571. The molecule has 92 valence electrons. The summed E-state index contributed by atoms with van der Waals surface area (Å²) in [4.78, 5) is 0. The highest BCUT2D eigenvalue weighted by Gasteiger charge is 2.25. The van der Waals surface area contributed by atoms with E-state index < -0.39 is 0 Å². The summed E-state index contributed by atoms with van der Waals surface area (Å²) in [6.45, 7) is 6.06. The zero-order valence-corrected chi connectivity index (χ0v) is 10.3. The fourth-order valence-electron chi connectivity index (χ4n) is 2.84. The SMILES string of the molecule is CC1=CC(C2C=C3NCCOC3=CC2)CNC1. The molecule has 0 bridgehead atoms. The Labute approximate surface area is 103 Å². The highest BCUT2D eigenvalue weighted by Crippen LogP contribution is 2.30. The highest BCUT2D eigenvalue weighted by molar-refractivity contribution is 5.31. The molecule has 3 heteroatoms. The van der Waals surface area contributed by atoms with Gasteiger partial charge in [-0.1, -0.05) is 17.7 Å². The van der Waals surface area contributed by atoms with Crippen LogP contribution in [-0.4, -0.2) is 26.2 Å². The summed E-state index contributed by atoms with van der Waals surface area (Å²) in [6.07, 6.45) is 8.12. The van der Waals surface area contributed by atoms with Crippen molar-refractivity contribution in [3.8, 4) is 0 Å². The topological polar surface area (TPSA) is 33.3 Å². The first-order valence-electron chi connectivity index (χ1n) is 6.50. The van der Waals surface area contributed by atoms with Crippen LogP contribution in [0.5, 0.6) is 0 Å². The van der Waals surface area contributed by atoms with Crippen LogP contribution >= 0.6 is 0 Å². The Morgan fingerprint density at radius 2 is 2.24 bits per heavy atom. The fourth-order valence-corrected chi connectivity index (χ4v) is 2.84. The van der Waals surface area contributed by atoms with Gasteiger partial charge in [0.05, 0.1) is 5.70 Å². The standard InChI is InChI=1S/C14H20N2O/c1-10-6-12(9-15-8-10)11-2-3-14-13(7-11)16-4-5-17-14/h3,6-7,11-12,15-16H,2,4-5,8-9H2,1H3. The minimum absolute atomic E-state index is 0.602. The van der Waals surface area contributed by atoms with Crippen LogP contribution in [0.4, 0.5) is 0 Å². The van der Waals surface area contributed by atoms with E-state index in [1.54, 1.807) is 0 Å². The van der Waals surface area contributed by atoms with Crippen molar-refractivity contribution >= 4 is 0 Å². The van der Waals surface area contributed by atoms with E-state index in [1.807, 2.05) is 0 Å². The Morgan fingerprint density at radius 3 is 3.12 bits per heavy atom. The predicted octanol–water partition coefficient (Wildman–Crippen LogP) is 1.56. The van der Waals surface area contributed by atoms with Crippen molar-refractivity contribution in [1.29, 1.82) is 0 Å². The third-order valence-corrected chi connectivity index (χ3v) is 3.73. The van der Waals surface area contributed by atoms with Crippen LogP contribution in [0.3, 0.4) is 0 Å². The summed E-state index contributed by atoms with van der Waals surface area (Å²) < 4.78 is 5.64. The maximum absolute atomic E-state index is 5.64. The maximum Gasteiger partial charge on any atom is 0.138 e. The van der Waals surface area contributed by atoms with Crippen LogP contribution < -0.4 is 10.6 Å². The number of morpholine rings is 1. The van der Waals surface area contributed by atoms with Gasteiger partial charge >= 0.3 is 0 Å². The monoisotopic (exact) mass is 232 g/mol. The molecule has 2 N–H and O–H groups in total. The highest BCUT2D eigenvalue weighted by atomic mass is 16.5. The van der Waals surface area contributed by atoms with Gasteiger partial charge in [-0.05, 0) is 31.3 Å². The molecule has 1 saturated heterocycles. The van der Waals surface area contributed by atoms with E-state index in [0.29, 0.717) is 11.8 Å². The molecule has 0 spiro atoms. The Bertz CT molecular complexity index is 395. The molecule has 2 unspecified atom stereocenters. The lowest BCUT2D eigenvalue weighted by Crippen LogP contribution is -2.35. The smallest absolute Gasteiger partial charge is 0.138 e. The van der Waals surface area contributed by atoms with Crippen molar-refractivity contribution in [2.75, 3.05) is 26.2 Å². The van der Waals surface area contributed by atoms with Crippen LogP contribution in [0.2, 0.25) is 0 Å². The lowest BCUT2D eigenvalue weighted by molar-refractivity contribution is 0.191. The Balaban J connectivity index is 1.76. The van der Waals surface area contributed by atoms with Crippen molar-refractivity contribution in [2.24, 2.45) is 11.8 Å². The molecule has 0 aromatic rings. The van der Waals surface area contributed by atoms with Gasteiger partial charge < -0.3 is 15.4 Å². The minimum Gasteiger partial charge on any atom is -0.490 e. The number of hydrogen-bond acceptors (Lipinski definition) is 3. The quantitative estimate of drug-likeness (QED) is 0.673. The summed E-state index contributed by atoms with van der Waals surface area (Å²) in [5, 5.41) is 6.91. The van der Waals surface area contributed by atoms with Crippen LogP contribution in [0.15, 0.2) is 35.3 Å². The molecule has 0 saturated carbocycles. The molecular weight excluding hydrogens is 212 g/mol. The molecule has 0 amide bonds. The van der Waals surface area contributed by atoms with Crippen molar-refractivity contribution in [3.63, 3.8) is 0 Å². The van der Waals surface area contributed by atoms with E-state index >= 15 is 0 Å². The van der Waals surface area contributed by atoms with E-state index in [4.69, 9.17) is 4.74 Å². The second-order valence-corrected chi connectivity index (χ2v) is 5.13. The van der Waals surface area contributed by atoms with Gasteiger partial charge in [0.15, 0.2) is 0 Å². The molecule has 0 aromatic carbocycles. The van der Waals surface area contributed by atoms with E-state index in [1.165, 1.54) is 11.3 Å². The molecule has 2 aliphatic heterocycles. The number of nitrogens with one attached hydrogen (secondary N) is 2. The van der Waals surface area contributed by atoms with Gasteiger partial charge in [0.2, 0.25) is 0 Å². The number of hydrogen-bond donors (Lipinski definition) is 2. The van der Waals surface area contributed by atoms with Crippen molar-refractivity contribution in [2.45, 2.75) is 13.3 Å². The zero-order valence-electron chi connectivity index (χ0n) is 10.3. The Morgan fingerprint density at radius 1 is 1.29 bits per heavy atom. The molecular formula is C14H20N2O. The third kappa shape index (κ3) is 2.25. The lowest BCUT2D eigenvalue weighted by atomic mass is 9.83. The Hall–Kier alpha value is -1.22. The molecule has 0 aromatic heterocycles. The normalized spacial score (nSPS) is 32.4. The van der Waals surface area contributed by atoms with Gasteiger partial charge in [-0.2, -0.15) is 0 Å². The van der Waals surface area contributed by atoms with Gasteiger partial charge in [0.1, 0.15) is 12.4 Å². The van der Waals surface area contributed by atoms with Crippen molar-refractivity contribution < 1.29 is 4.74 Å². The summed E-state index contributed by atoms with van der Waals surface area (Å²) in [6, 6.07) is 0. The minimum atomic E-state index is 0.602. The first kappa shape index (κ1) is 10.9. The summed E-state index contributed by atoms with van der Waals surface area (Å²) in [5.74, 6) is 2.28. The van der Waals surface area contributed by atoms with Gasteiger partial charge in [0.25, 0.3) is 0 Å². The predicted molar refractivity (Wildman–Crippen MR) is 68.3 cm³/mol. The summed E-state index contributed by atoms with van der Waals surface area (Å²) >= 11 is 0. The van der Waals surface area contributed by atoms with Crippen LogP contribution in [0.25, 0.3) is 0 Å². The number of ether oxygens (including phenoxy) is 1. The molecule has 0 radical (unpaired) electrons. The van der Waals surface area contributed by atoms with E-state index in [0.717, 1.165) is 38.4 Å². The molecule has 2 atom stereocenters. The first-order chi connectivity index (χ1) is 8.33. The first-order valence-corrected chi connectivity index (χ1v) is 6.50. The number of fused-ring (bicyclic) bond motifs is 1. The van der Waals surface area contributed by atoms with E-state index in [-0.39, 0.29) is 0 Å². The number of allylic oxidation sites excluding steroid dienone is 2. The van der Waals surface area contributed by atoms with Gasteiger partial charge in [-0.3, -0.25) is 0 Å². The van der Waals surface area contributed by atoms with Crippen molar-refractivity contribution in [3.05, 3.63) is 35.3 Å². The Kier molecular flexibility index (Phi) is 2.93. The molecule has 2 heterocycles. The van der Waals surface area contributed by atoms with Crippen LogP contribution in [0, 0.1) is 11.8 Å². The van der Waals surface area contributed by atoms with E-state index in [9.17, 15) is 0 Å². The molecule has 3 aliphatic rings. The molecule has 3 nitrogen and oxygen atoms in total.